The predicted molar refractivity (Wildman–Crippen MR) is 80.8 cm³/mol. The number of hydrogen-bond acceptors (Lipinski definition) is 4. The predicted octanol–water partition coefficient (Wildman–Crippen LogP) is 3.10. The first-order valence-corrected chi connectivity index (χ1v) is 7.55. The van der Waals surface area contributed by atoms with Crippen LogP contribution < -0.4 is 10.2 Å². The second-order valence-electron chi connectivity index (χ2n) is 5.48. The molecule has 1 heterocycles. The monoisotopic (exact) mass is 262 g/mol. The molecule has 1 aliphatic carbocycles. The maximum Gasteiger partial charge on any atom is 0.137 e. The van der Waals surface area contributed by atoms with E-state index in [4.69, 9.17) is 0 Å². The molecule has 0 spiro atoms. The van der Waals surface area contributed by atoms with Crippen LogP contribution in [0.3, 0.4) is 0 Å². The highest BCUT2D eigenvalue weighted by Gasteiger charge is 2.21. The van der Waals surface area contributed by atoms with Crippen LogP contribution in [-0.4, -0.2) is 30.1 Å². The Morgan fingerprint density at radius 3 is 2.68 bits per heavy atom. The summed E-state index contributed by atoms with van der Waals surface area (Å²) in [6, 6.07) is 0. The lowest BCUT2D eigenvalue weighted by Crippen LogP contribution is -2.30. The van der Waals surface area contributed by atoms with Crippen molar-refractivity contribution in [2.75, 3.05) is 30.4 Å². The molecule has 0 amide bonds. The zero-order valence-electron chi connectivity index (χ0n) is 12.4. The van der Waals surface area contributed by atoms with E-state index in [1.807, 2.05) is 0 Å². The number of hydrogen-bond donors (Lipinski definition) is 1. The van der Waals surface area contributed by atoms with Crippen molar-refractivity contribution in [2.45, 2.75) is 46.0 Å². The van der Waals surface area contributed by atoms with E-state index in [0.717, 1.165) is 43.5 Å². The van der Waals surface area contributed by atoms with E-state index in [1.54, 1.807) is 6.33 Å². The molecule has 0 saturated heterocycles. The van der Waals surface area contributed by atoms with Gasteiger partial charge in [-0.1, -0.05) is 20.3 Å². The largest absolute Gasteiger partial charge is 0.370 e. The highest BCUT2D eigenvalue weighted by atomic mass is 15.2. The Balaban J connectivity index is 2.12. The van der Waals surface area contributed by atoms with Crippen molar-refractivity contribution >= 4 is 11.6 Å². The van der Waals surface area contributed by atoms with Crippen LogP contribution in [0.4, 0.5) is 11.6 Å². The van der Waals surface area contributed by atoms with Gasteiger partial charge in [0.1, 0.15) is 18.0 Å². The van der Waals surface area contributed by atoms with Crippen molar-refractivity contribution in [3.63, 3.8) is 0 Å². The van der Waals surface area contributed by atoms with E-state index in [1.165, 1.54) is 24.8 Å². The highest BCUT2D eigenvalue weighted by molar-refractivity contribution is 5.58. The summed E-state index contributed by atoms with van der Waals surface area (Å²) in [5, 5.41) is 3.41. The number of aromatic nitrogens is 2. The summed E-state index contributed by atoms with van der Waals surface area (Å²) in [5.41, 5.74) is 1.25. The Morgan fingerprint density at radius 2 is 2.11 bits per heavy atom. The van der Waals surface area contributed by atoms with E-state index in [2.05, 4.69) is 41.1 Å². The second kappa shape index (κ2) is 6.73. The van der Waals surface area contributed by atoms with Crippen LogP contribution in [0.1, 0.15) is 45.1 Å². The maximum atomic E-state index is 4.50. The lowest BCUT2D eigenvalue weighted by Gasteiger charge is -2.31. The number of nitrogens with zero attached hydrogens (tertiary/aromatic N) is 3. The molecule has 0 bridgehead atoms. The standard InChI is InChI=1S/C15H26N4/c1-4-9-16-14-13(5-2)15(18-11-17-14)19(3)10-12-7-6-8-12/h11-12H,4-10H2,1-3H3,(H,16,17,18). The Labute approximate surface area is 116 Å². The van der Waals surface area contributed by atoms with Gasteiger partial charge in [0.05, 0.1) is 0 Å². The van der Waals surface area contributed by atoms with Gasteiger partial charge in [0.15, 0.2) is 0 Å². The molecule has 1 N–H and O–H groups in total. The van der Waals surface area contributed by atoms with E-state index in [-0.39, 0.29) is 0 Å². The van der Waals surface area contributed by atoms with Crippen LogP contribution >= 0.6 is 0 Å². The first-order valence-electron chi connectivity index (χ1n) is 7.55. The SMILES string of the molecule is CCCNc1ncnc(N(C)CC2CCC2)c1CC. The Morgan fingerprint density at radius 1 is 1.32 bits per heavy atom. The molecule has 0 aromatic carbocycles. The van der Waals surface area contributed by atoms with Crippen LogP contribution in [-0.2, 0) is 6.42 Å². The fourth-order valence-electron chi connectivity index (χ4n) is 2.60. The van der Waals surface area contributed by atoms with Crippen LogP contribution in [0.2, 0.25) is 0 Å². The maximum absolute atomic E-state index is 4.50. The van der Waals surface area contributed by atoms with Crippen molar-refractivity contribution in [2.24, 2.45) is 5.92 Å². The number of rotatable bonds is 7. The molecule has 1 aliphatic rings. The molecule has 0 aliphatic heterocycles. The summed E-state index contributed by atoms with van der Waals surface area (Å²) < 4.78 is 0. The first kappa shape index (κ1) is 14.1. The van der Waals surface area contributed by atoms with Crippen molar-refractivity contribution in [1.82, 2.24) is 9.97 Å². The highest BCUT2D eigenvalue weighted by Crippen LogP contribution is 2.30. The second-order valence-corrected chi connectivity index (χ2v) is 5.48. The van der Waals surface area contributed by atoms with E-state index >= 15 is 0 Å². The first-order chi connectivity index (χ1) is 9.26. The molecule has 1 aromatic rings. The van der Waals surface area contributed by atoms with E-state index < -0.39 is 0 Å². The van der Waals surface area contributed by atoms with Crippen LogP contribution in [0, 0.1) is 5.92 Å². The summed E-state index contributed by atoms with van der Waals surface area (Å²) in [5.74, 6) is 2.97. The average molecular weight is 262 g/mol. The summed E-state index contributed by atoms with van der Waals surface area (Å²) in [7, 11) is 2.16. The van der Waals surface area contributed by atoms with Crippen LogP contribution in [0.5, 0.6) is 0 Å². The van der Waals surface area contributed by atoms with Crippen LogP contribution in [0.25, 0.3) is 0 Å². The number of anilines is 2. The summed E-state index contributed by atoms with van der Waals surface area (Å²) in [6.07, 6.45) is 7.91. The molecular formula is C15H26N4. The van der Waals surface area contributed by atoms with Gasteiger partial charge in [-0.15, -0.1) is 0 Å². The zero-order chi connectivity index (χ0) is 13.7. The third-order valence-electron chi connectivity index (χ3n) is 3.94. The van der Waals surface area contributed by atoms with Crippen molar-refractivity contribution in [1.29, 1.82) is 0 Å². The third-order valence-corrected chi connectivity index (χ3v) is 3.94. The van der Waals surface area contributed by atoms with Gasteiger partial charge in [-0.25, -0.2) is 9.97 Å². The molecule has 4 heteroatoms. The molecule has 4 nitrogen and oxygen atoms in total. The van der Waals surface area contributed by atoms with Gasteiger partial charge < -0.3 is 10.2 Å². The lowest BCUT2D eigenvalue weighted by atomic mass is 9.85. The number of nitrogens with one attached hydrogen (secondary N) is 1. The summed E-state index contributed by atoms with van der Waals surface area (Å²) in [4.78, 5) is 11.2. The molecule has 1 fully saturated rings. The smallest absolute Gasteiger partial charge is 0.137 e. The molecule has 19 heavy (non-hydrogen) atoms. The lowest BCUT2D eigenvalue weighted by molar-refractivity contribution is 0.321. The molecule has 0 atom stereocenters. The molecule has 1 aromatic heterocycles. The molecule has 0 unspecified atom stereocenters. The van der Waals surface area contributed by atoms with Gasteiger partial charge in [-0.05, 0) is 31.6 Å². The van der Waals surface area contributed by atoms with E-state index in [9.17, 15) is 0 Å². The van der Waals surface area contributed by atoms with E-state index in [0.29, 0.717) is 0 Å². The molecule has 106 valence electrons. The quantitative estimate of drug-likeness (QED) is 0.820. The minimum Gasteiger partial charge on any atom is -0.370 e. The van der Waals surface area contributed by atoms with Crippen molar-refractivity contribution in [3.8, 4) is 0 Å². The fourth-order valence-corrected chi connectivity index (χ4v) is 2.60. The molecular weight excluding hydrogens is 236 g/mol. The zero-order valence-corrected chi connectivity index (χ0v) is 12.4. The van der Waals surface area contributed by atoms with Gasteiger partial charge in [-0.3, -0.25) is 0 Å². The summed E-state index contributed by atoms with van der Waals surface area (Å²) >= 11 is 0. The normalized spacial score (nSPS) is 15.1. The van der Waals surface area contributed by atoms with Gasteiger partial charge in [0.25, 0.3) is 0 Å². The molecule has 0 radical (unpaired) electrons. The minimum atomic E-state index is 0.858. The molecule has 1 saturated carbocycles. The molecule has 2 rings (SSSR count). The van der Waals surface area contributed by atoms with Crippen molar-refractivity contribution < 1.29 is 0 Å². The van der Waals surface area contributed by atoms with Gasteiger partial charge in [0.2, 0.25) is 0 Å². The van der Waals surface area contributed by atoms with Gasteiger partial charge >= 0.3 is 0 Å². The van der Waals surface area contributed by atoms with Crippen molar-refractivity contribution in [3.05, 3.63) is 11.9 Å². The topological polar surface area (TPSA) is 41.1 Å². The Kier molecular flexibility index (Phi) is 5.00. The average Bonchev–Trinajstić information content (AvgIpc) is 2.39. The fraction of sp³-hybridized carbons (Fsp3) is 0.733. The van der Waals surface area contributed by atoms with Crippen LogP contribution in [0.15, 0.2) is 6.33 Å². The summed E-state index contributed by atoms with van der Waals surface area (Å²) in [6.45, 7) is 6.44. The Bertz CT molecular complexity index is 401. The minimum absolute atomic E-state index is 0.858. The van der Waals surface area contributed by atoms with Gasteiger partial charge in [0, 0.05) is 25.7 Å². The Hall–Kier alpha value is -1.32. The van der Waals surface area contributed by atoms with Gasteiger partial charge in [-0.2, -0.15) is 0 Å². The third kappa shape index (κ3) is 3.37.